The summed E-state index contributed by atoms with van der Waals surface area (Å²) in [6, 6.07) is 48.8. The zero-order valence-corrected chi connectivity index (χ0v) is 23.5. The van der Waals surface area contributed by atoms with Crippen molar-refractivity contribution in [1.82, 2.24) is 9.55 Å². The molecule has 0 saturated carbocycles. The summed E-state index contributed by atoms with van der Waals surface area (Å²) in [6.45, 7) is 0. The third-order valence-electron chi connectivity index (χ3n) is 8.46. The highest BCUT2D eigenvalue weighted by Crippen LogP contribution is 2.40. The van der Waals surface area contributed by atoms with Crippen LogP contribution in [0.1, 0.15) is 0 Å². The molecule has 9 aromatic rings. The van der Waals surface area contributed by atoms with Gasteiger partial charge in [-0.1, -0.05) is 84.9 Å². The molecule has 0 saturated heterocycles. The normalized spacial score (nSPS) is 11.8. The molecule has 6 aromatic carbocycles. The third kappa shape index (κ3) is 3.61. The first-order valence-electron chi connectivity index (χ1n) is 14.2. The molecule has 0 N–H and O–H groups in total. The smallest absolute Gasteiger partial charge is 0.0547 e. The minimum atomic E-state index is 1.12. The van der Waals surface area contributed by atoms with E-state index in [9.17, 15) is 0 Å². The number of hydrogen-bond donors (Lipinski definition) is 0. The van der Waals surface area contributed by atoms with Crippen LogP contribution in [-0.4, -0.2) is 9.55 Å². The molecule has 0 spiro atoms. The lowest BCUT2D eigenvalue weighted by Gasteiger charge is -2.10. The van der Waals surface area contributed by atoms with Gasteiger partial charge in [-0.3, -0.25) is 4.98 Å². The summed E-state index contributed by atoms with van der Waals surface area (Å²) in [5, 5.41) is 7.65. The molecule has 3 heterocycles. The lowest BCUT2D eigenvalue weighted by Crippen LogP contribution is -1.94. The lowest BCUT2D eigenvalue weighted by atomic mass is 9.99. The van der Waals surface area contributed by atoms with Gasteiger partial charge in [-0.2, -0.15) is 0 Å². The highest BCUT2D eigenvalue weighted by Gasteiger charge is 2.16. The van der Waals surface area contributed by atoms with Crippen LogP contribution in [0, 0.1) is 0 Å². The van der Waals surface area contributed by atoms with Crippen LogP contribution in [0.2, 0.25) is 0 Å². The summed E-state index contributed by atoms with van der Waals surface area (Å²) in [5.41, 5.74) is 8.33. The van der Waals surface area contributed by atoms with E-state index in [0.29, 0.717) is 0 Å². The SMILES string of the molecule is c1cncc(-c2ccc3c(c2)c2ccc(-c4ccc5ccccc5c4)cc2n3-c2ccc3c(c2)sc2ccccc23)c1. The summed E-state index contributed by atoms with van der Waals surface area (Å²) in [7, 11) is 0. The molecule has 2 nitrogen and oxygen atoms in total. The zero-order chi connectivity index (χ0) is 27.6. The number of thiophene rings is 1. The summed E-state index contributed by atoms with van der Waals surface area (Å²) in [5.74, 6) is 0. The van der Waals surface area contributed by atoms with E-state index in [1.54, 1.807) is 0 Å². The van der Waals surface area contributed by atoms with E-state index in [-0.39, 0.29) is 0 Å². The number of aromatic nitrogens is 2. The second kappa shape index (κ2) is 9.13. The Morgan fingerprint density at radius 3 is 2.14 bits per heavy atom. The van der Waals surface area contributed by atoms with E-state index in [4.69, 9.17) is 0 Å². The summed E-state index contributed by atoms with van der Waals surface area (Å²) in [6.07, 6.45) is 3.76. The van der Waals surface area contributed by atoms with Gasteiger partial charge in [0.05, 0.1) is 11.0 Å². The maximum Gasteiger partial charge on any atom is 0.0547 e. The number of rotatable bonds is 3. The van der Waals surface area contributed by atoms with Crippen LogP contribution in [0.25, 0.3) is 80.7 Å². The fourth-order valence-electron chi connectivity index (χ4n) is 6.41. The predicted octanol–water partition coefficient (Wildman–Crippen LogP) is 11.0. The van der Waals surface area contributed by atoms with E-state index in [0.717, 1.165) is 5.56 Å². The van der Waals surface area contributed by atoms with Crippen molar-refractivity contribution in [2.45, 2.75) is 0 Å². The molecular formula is C39H24N2S. The molecule has 0 aliphatic carbocycles. The van der Waals surface area contributed by atoms with E-state index >= 15 is 0 Å². The first-order valence-corrected chi connectivity index (χ1v) is 15.0. The molecular weight excluding hydrogens is 529 g/mol. The molecule has 0 amide bonds. The van der Waals surface area contributed by atoms with Gasteiger partial charge in [-0.05, 0) is 76.0 Å². The van der Waals surface area contributed by atoms with E-state index in [1.807, 2.05) is 29.8 Å². The first kappa shape index (κ1) is 23.5. The summed E-state index contributed by atoms with van der Waals surface area (Å²) >= 11 is 1.86. The fourth-order valence-corrected chi connectivity index (χ4v) is 7.55. The Bertz CT molecular complexity index is 2470. The molecule has 0 aliphatic heterocycles. The first-order chi connectivity index (χ1) is 20.8. The van der Waals surface area contributed by atoms with Crippen molar-refractivity contribution < 1.29 is 0 Å². The highest BCUT2D eigenvalue weighted by molar-refractivity contribution is 7.25. The van der Waals surface area contributed by atoms with Gasteiger partial charge < -0.3 is 4.57 Å². The molecule has 0 radical (unpaired) electrons. The zero-order valence-electron chi connectivity index (χ0n) is 22.7. The van der Waals surface area contributed by atoms with Gasteiger partial charge in [0, 0.05) is 54.6 Å². The maximum absolute atomic E-state index is 4.37. The second-order valence-electron chi connectivity index (χ2n) is 10.9. The van der Waals surface area contributed by atoms with Crippen LogP contribution in [0.15, 0.2) is 146 Å². The van der Waals surface area contributed by atoms with Gasteiger partial charge in [-0.15, -0.1) is 11.3 Å². The predicted molar refractivity (Wildman–Crippen MR) is 180 cm³/mol. The molecule has 0 atom stereocenters. The number of fused-ring (bicyclic) bond motifs is 7. The Labute approximate surface area is 246 Å². The molecule has 0 fully saturated rings. The van der Waals surface area contributed by atoms with Crippen LogP contribution < -0.4 is 0 Å². The minimum Gasteiger partial charge on any atom is -0.309 e. The second-order valence-corrected chi connectivity index (χ2v) is 12.0. The average Bonchev–Trinajstić information content (AvgIpc) is 3.59. The van der Waals surface area contributed by atoms with Gasteiger partial charge in [0.2, 0.25) is 0 Å². The number of pyridine rings is 1. The molecule has 42 heavy (non-hydrogen) atoms. The lowest BCUT2D eigenvalue weighted by molar-refractivity contribution is 1.19. The largest absolute Gasteiger partial charge is 0.309 e. The Morgan fingerprint density at radius 1 is 0.452 bits per heavy atom. The van der Waals surface area contributed by atoms with E-state index in [2.05, 4.69) is 137 Å². The molecule has 196 valence electrons. The van der Waals surface area contributed by atoms with E-state index in [1.165, 1.54) is 75.1 Å². The standard InChI is InChI=1S/C39H24N2S/c1-2-7-26-20-27(12-11-25(26)6-1)29-13-16-32-35-21-28(30-8-5-19-40-24-30)14-18-36(35)41(37(32)22-29)31-15-17-34-33-9-3-4-10-38(33)42-39(34)23-31/h1-24H. The van der Waals surface area contributed by atoms with Gasteiger partial charge in [0.1, 0.15) is 0 Å². The maximum atomic E-state index is 4.37. The van der Waals surface area contributed by atoms with Gasteiger partial charge in [0.25, 0.3) is 0 Å². The molecule has 9 rings (SSSR count). The Morgan fingerprint density at radius 2 is 1.21 bits per heavy atom. The van der Waals surface area contributed by atoms with Gasteiger partial charge in [0.15, 0.2) is 0 Å². The Balaban J connectivity index is 1.31. The Kier molecular flexibility index (Phi) is 5.10. The van der Waals surface area contributed by atoms with Gasteiger partial charge in [-0.25, -0.2) is 0 Å². The Hall–Kier alpha value is -5.25. The highest BCUT2D eigenvalue weighted by atomic mass is 32.1. The molecule has 0 aliphatic rings. The van der Waals surface area contributed by atoms with Crippen LogP contribution in [0.4, 0.5) is 0 Å². The molecule has 0 unspecified atom stereocenters. The van der Waals surface area contributed by atoms with Crippen molar-refractivity contribution in [3.05, 3.63) is 146 Å². The average molecular weight is 553 g/mol. The summed E-state index contributed by atoms with van der Waals surface area (Å²) in [4.78, 5) is 4.37. The van der Waals surface area contributed by atoms with Crippen LogP contribution >= 0.6 is 11.3 Å². The van der Waals surface area contributed by atoms with Crippen molar-refractivity contribution in [3.8, 4) is 27.9 Å². The number of benzene rings is 6. The number of hydrogen-bond acceptors (Lipinski definition) is 2. The molecule has 3 aromatic heterocycles. The van der Waals surface area contributed by atoms with Crippen molar-refractivity contribution in [2.24, 2.45) is 0 Å². The van der Waals surface area contributed by atoms with E-state index < -0.39 is 0 Å². The summed E-state index contributed by atoms with van der Waals surface area (Å²) < 4.78 is 5.07. The molecule has 0 bridgehead atoms. The van der Waals surface area contributed by atoms with Crippen LogP contribution in [0.5, 0.6) is 0 Å². The topological polar surface area (TPSA) is 17.8 Å². The van der Waals surface area contributed by atoms with Crippen LogP contribution in [-0.2, 0) is 0 Å². The minimum absolute atomic E-state index is 1.12. The molecule has 3 heteroatoms. The van der Waals surface area contributed by atoms with Gasteiger partial charge >= 0.3 is 0 Å². The van der Waals surface area contributed by atoms with Crippen molar-refractivity contribution in [2.75, 3.05) is 0 Å². The number of nitrogens with zero attached hydrogens (tertiary/aromatic N) is 2. The van der Waals surface area contributed by atoms with Crippen molar-refractivity contribution in [3.63, 3.8) is 0 Å². The van der Waals surface area contributed by atoms with Crippen molar-refractivity contribution >= 4 is 64.1 Å². The monoisotopic (exact) mass is 552 g/mol. The van der Waals surface area contributed by atoms with Crippen LogP contribution in [0.3, 0.4) is 0 Å². The fraction of sp³-hybridized carbons (Fsp3) is 0. The van der Waals surface area contributed by atoms with Crippen molar-refractivity contribution in [1.29, 1.82) is 0 Å². The third-order valence-corrected chi connectivity index (χ3v) is 9.60. The quantitative estimate of drug-likeness (QED) is 0.213.